The average Bonchev–Trinajstić information content (AvgIpc) is 2.85. The van der Waals surface area contributed by atoms with E-state index in [-0.39, 0.29) is 5.56 Å². The summed E-state index contributed by atoms with van der Waals surface area (Å²) in [6.07, 6.45) is -1.67. The zero-order valence-electron chi connectivity index (χ0n) is 10.5. The molecule has 0 saturated heterocycles. The summed E-state index contributed by atoms with van der Waals surface area (Å²) in [5.74, 6) is -1.60. The highest BCUT2D eigenvalue weighted by Crippen LogP contribution is 2.35. The van der Waals surface area contributed by atoms with E-state index in [1.807, 2.05) is 6.92 Å². The van der Waals surface area contributed by atoms with Gasteiger partial charge in [-0.25, -0.2) is 4.79 Å². The molecule has 0 bridgehead atoms. The first kappa shape index (κ1) is 14.1. The van der Waals surface area contributed by atoms with Crippen LogP contribution in [0.15, 0.2) is 30.6 Å². The Labute approximate surface area is 112 Å². The lowest BCUT2D eigenvalue weighted by molar-refractivity contribution is -0.138. The summed E-state index contributed by atoms with van der Waals surface area (Å²) in [7, 11) is 0. The number of aromatic carboxylic acids is 1. The molecule has 0 unspecified atom stereocenters. The fourth-order valence-corrected chi connectivity index (χ4v) is 1.83. The number of carboxylic acids is 1. The molecule has 0 fully saturated rings. The summed E-state index contributed by atoms with van der Waals surface area (Å²) in [5, 5.41) is 12.8. The van der Waals surface area contributed by atoms with Gasteiger partial charge in [0.05, 0.1) is 17.3 Å². The Kier molecular flexibility index (Phi) is 3.52. The fourth-order valence-electron chi connectivity index (χ4n) is 1.83. The monoisotopic (exact) mass is 284 g/mol. The van der Waals surface area contributed by atoms with Crippen LogP contribution < -0.4 is 0 Å². The number of aromatic nitrogens is 2. The largest absolute Gasteiger partial charge is 0.478 e. The van der Waals surface area contributed by atoms with Crippen molar-refractivity contribution < 1.29 is 23.1 Å². The lowest BCUT2D eigenvalue weighted by Crippen LogP contribution is -2.12. The van der Waals surface area contributed by atoms with Gasteiger partial charge in [0.25, 0.3) is 0 Å². The van der Waals surface area contributed by atoms with Gasteiger partial charge in [0.2, 0.25) is 0 Å². The van der Waals surface area contributed by atoms with E-state index in [1.165, 1.54) is 12.3 Å². The Morgan fingerprint density at radius 3 is 2.55 bits per heavy atom. The van der Waals surface area contributed by atoms with Gasteiger partial charge in [0, 0.05) is 18.3 Å². The Morgan fingerprint density at radius 2 is 2.05 bits per heavy atom. The Morgan fingerprint density at radius 1 is 1.35 bits per heavy atom. The van der Waals surface area contributed by atoms with Gasteiger partial charge in [-0.3, -0.25) is 4.68 Å². The van der Waals surface area contributed by atoms with Gasteiger partial charge in [-0.15, -0.1) is 0 Å². The summed E-state index contributed by atoms with van der Waals surface area (Å²) < 4.78 is 40.3. The van der Waals surface area contributed by atoms with Crippen molar-refractivity contribution in [2.45, 2.75) is 19.6 Å². The van der Waals surface area contributed by atoms with Crippen molar-refractivity contribution in [2.75, 3.05) is 0 Å². The molecule has 1 heterocycles. The van der Waals surface area contributed by atoms with E-state index in [1.54, 1.807) is 10.9 Å². The molecular weight excluding hydrogens is 273 g/mol. The summed E-state index contributed by atoms with van der Waals surface area (Å²) in [5.41, 5.74) is -1.13. The second kappa shape index (κ2) is 4.99. The first-order valence-electron chi connectivity index (χ1n) is 5.80. The number of carboxylic acid groups (broad SMARTS) is 1. The molecule has 0 amide bonds. The van der Waals surface area contributed by atoms with Crippen molar-refractivity contribution in [3.8, 4) is 11.1 Å². The molecule has 0 aliphatic carbocycles. The molecule has 0 aliphatic heterocycles. The molecule has 1 aromatic heterocycles. The van der Waals surface area contributed by atoms with Crippen LogP contribution in [0.5, 0.6) is 0 Å². The highest BCUT2D eigenvalue weighted by Gasteiger charge is 2.35. The van der Waals surface area contributed by atoms with Crippen LogP contribution in [0.1, 0.15) is 22.8 Å². The lowest BCUT2D eigenvalue weighted by atomic mass is 10.0. The van der Waals surface area contributed by atoms with Crippen LogP contribution in [0.2, 0.25) is 0 Å². The highest BCUT2D eigenvalue weighted by atomic mass is 19.4. The molecule has 0 spiro atoms. The van der Waals surface area contributed by atoms with Gasteiger partial charge < -0.3 is 5.11 Å². The number of carbonyl (C=O) groups is 1. The summed E-state index contributed by atoms with van der Waals surface area (Å²) in [4.78, 5) is 10.9. The highest BCUT2D eigenvalue weighted by molar-refractivity contribution is 5.90. The van der Waals surface area contributed by atoms with E-state index in [9.17, 15) is 18.0 Å². The Balaban J connectivity index is 2.54. The minimum atomic E-state index is -4.72. The van der Waals surface area contributed by atoms with Crippen LogP contribution in [-0.4, -0.2) is 20.9 Å². The van der Waals surface area contributed by atoms with Crippen molar-refractivity contribution >= 4 is 5.97 Å². The molecule has 2 aromatic rings. The minimum absolute atomic E-state index is 0.280. The predicted molar refractivity (Wildman–Crippen MR) is 65.3 cm³/mol. The first-order chi connectivity index (χ1) is 9.32. The number of aryl methyl sites for hydroxylation is 1. The van der Waals surface area contributed by atoms with Gasteiger partial charge in [-0.05, 0) is 24.6 Å². The molecule has 0 aliphatic rings. The van der Waals surface area contributed by atoms with E-state index >= 15 is 0 Å². The molecule has 20 heavy (non-hydrogen) atoms. The molecule has 2 rings (SSSR count). The SMILES string of the molecule is CCn1cc(-c2ccc(C(=O)O)c(C(F)(F)F)c2)cn1. The number of halogens is 3. The van der Waals surface area contributed by atoms with Gasteiger partial charge in [0.1, 0.15) is 0 Å². The molecule has 7 heteroatoms. The van der Waals surface area contributed by atoms with Crippen LogP contribution >= 0.6 is 0 Å². The normalized spacial score (nSPS) is 11.6. The van der Waals surface area contributed by atoms with Crippen LogP contribution in [0.3, 0.4) is 0 Å². The first-order valence-corrected chi connectivity index (χ1v) is 5.80. The molecule has 1 aromatic carbocycles. The second-order valence-corrected chi connectivity index (χ2v) is 4.15. The molecule has 0 saturated carbocycles. The van der Waals surface area contributed by atoms with Crippen molar-refractivity contribution in [3.05, 3.63) is 41.7 Å². The van der Waals surface area contributed by atoms with E-state index in [0.717, 1.165) is 12.1 Å². The van der Waals surface area contributed by atoms with Crippen LogP contribution in [0, 0.1) is 0 Å². The number of benzene rings is 1. The van der Waals surface area contributed by atoms with Gasteiger partial charge in [-0.1, -0.05) is 6.07 Å². The van der Waals surface area contributed by atoms with Gasteiger partial charge in [-0.2, -0.15) is 18.3 Å². The molecule has 0 atom stereocenters. The summed E-state index contributed by atoms with van der Waals surface area (Å²) >= 11 is 0. The van der Waals surface area contributed by atoms with Crippen molar-refractivity contribution in [3.63, 3.8) is 0 Å². The molecular formula is C13H11F3N2O2. The van der Waals surface area contributed by atoms with Crippen molar-refractivity contribution in [2.24, 2.45) is 0 Å². The smallest absolute Gasteiger partial charge is 0.417 e. The maximum absolute atomic E-state index is 12.9. The predicted octanol–water partition coefficient (Wildman–Crippen LogP) is 3.29. The fraction of sp³-hybridized carbons (Fsp3) is 0.231. The minimum Gasteiger partial charge on any atom is -0.478 e. The van der Waals surface area contributed by atoms with Gasteiger partial charge >= 0.3 is 12.1 Å². The standard InChI is InChI=1S/C13H11F3N2O2/c1-2-18-7-9(6-17-18)8-3-4-10(12(19)20)11(5-8)13(14,15)16/h3-7H,2H2,1H3,(H,19,20). The van der Waals surface area contributed by atoms with Crippen LogP contribution in [0.25, 0.3) is 11.1 Å². The van der Waals surface area contributed by atoms with Crippen LogP contribution in [-0.2, 0) is 12.7 Å². The van der Waals surface area contributed by atoms with Gasteiger partial charge in [0.15, 0.2) is 0 Å². The Hall–Kier alpha value is -2.31. The van der Waals surface area contributed by atoms with E-state index < -0.39 is 23.3 Å². The number of hydrogen-bond donors (Lipinski definition) is 1. The van der Waals surface area contributed by atoms with Crippen molar-refractivity contribution in [1.29, 1.82) is 0 Å². The maximum Gasteiger partial charge on any atom is 0.417 e. The number of hydrogen-bond acceptors (Lipinski definition) is 2. The third-order valence-electron chi connectivity index (χ3n) is 2.85. The van der Waals surface area contributed by atoms with Crippen LogP contribution in [0.4, 0.5) is 13.2 Å². The molecule has 0 radical (unpaired) electrons. The molecule has 106 valence electrons. The van der Waals surface area contributed by atoms with Crippen molar-refractivity contribution in [1.82, 2.24) is 9.78 Å². The number of nitrogens with zero attached hydrogens (tertiary/aromatic N) is 2. The van der Waals surface area contributed by atoms with E-state index in [4.69, 9.17) is 5.11 Å². The number of rotatable bonds is 3. The second-order valence-electron chi connectivity index (χ2n) is 4.15. The quantitative estimate of drug-likeness (QED) is 0.941. The topological polar surface area (TPSA) is 55.1 Å². The third-order valence-corrected chi connectivity index (χ3v) is 2.85. The average molecular weight is 284 g/mol. The summed E-state index contributed by atoms with van der Waals surface area (Å²) in [6.45, 7) is 2.45. The summed E-state index contributed by atoms with van der Waals surface area (Å²) in [6, 6.07) is 3.14. The number of alkyl halides is 3. The third kappa shape index (κ3) is 2.66. The molecule has 4 nitrogen and oxygen atoms in total. The maximum atomic E-state index is 12.9. The molecule has 1 N–H and O–H groups in total. The Bertz CT molecular complexity index is 647. The lowest BCUT2D eigenvalue weighted by Gasteiger charge is -2.11. The van der Waals surface area contributed by atoms with E-state index in [2.05, 4.69) is 5.10 Å². The zero-order valence-corrected chi connectivity index (χ0v) is 10.5. The van der Waals surface area contributed by atoms with E-state index in [0.29, 0.717) is 12.1 Å². The zero-order chi connectivity index (χ0) is 14.9.